The van der Waals surface area contributed by atoms with E-state index in [1.54, 1.807) is 10.6 Å². The monoisotopic (exact) mass is 416 g/mol. The number of hydrogen-bond acceptors (Lipinski definition) is 5. The topological polar surface area (TPSA) is 82.2 Å². The standard InChI is InChI=1S/C19H21BrN4O2/c1-2-26-17-6-4-3-5-16(17)24-18(12-22-10-9-21)23-15-11-13(20)7-8-14(15)19(24)25/h3-8,11,22H,2,9-10,12,21H2,1H3. The molecule has 0 saturated carbocycles. The zero-order chi connectivity index (χ0) is 18.5. The van der Waals surface area contributed by atoms with Crippen LogP contribution in [0.3, 0.4) is 0 Å². The van der Waals surface area contributed by atoms with Crippen LogP contribution in [0, 0.1) is 0 Å². The van der Waals surface area contributed by atoms with Gasteiger partial charge in [-0.1, -0.05) is 28.1 Å². The molecule has 2 aromatic carbocycles. The maximum Gasteiger partial charge on any atom is 0.266 e. The number of halogens is 1. The summed E-state index contributed by atoms with van der Waals surface area (Å²) in [5.41, 5.74) is 6.78. The summed E-state index contributed by atoms with van der Waals surface area (Å²) in [5, 5.41) is 3.78. The Balaban J connectivity index is 2.25. The van der Waals surface area contributed by atoms with Gasteiger partial charge in [0.05, 0.1) is 29.7 Å². The van der Waals surface area contributed by atoms with Crippen molar-refractivity contribution in [2.75, 3.05) is 19.7 Å². The number of hydrogen-bond donors (Lipinski definition) is 2. The minimum absolute atomic E-state index is 0.126. The van der Waals surface area contributed by atoms with E-state index in [2.05, 4.69) is 21.2 Å². The highest BCUT2D eigenvalue weighted by atomic mass is 79.9. The van der Waals surface area contributed by atoms with E-state index in [9.17, 15) is 4.79 Å². The quantitative estimate of drug-likeness (QED) is 0.578. The van der Waals surface area contributed by atoms with Crippen LogP contribution in [0.4, 0.5) is 0 Å². The number of nitrogens with zero attached hydrogens (tertiary/aromatic N) is 2. The molecule has 3 N–H and O–H groups in total. The lowest BCUT2D eigenvalue weighted by atomic mass is 10.2. The van der Waals surface area contributed by atoms with Crippen LogP contribution in [0.2, 0.25) is 0 Å². The fourth-order valence-electron chi connectivity index (χ4n) is 2.79. The minimum Gasteiger partial charge on any atom is -0.492 e. The molecule has 0 radical (unpaired) electrons. The van der Waals surface area contributed by atoms with Gasteiger partial charge in [-0.2, -0.15) is 0 Å². The number of benzene rings is 2. The molecule has 1 aromatic heterocycles. The smallest absolute Gasteiger partial charge is 0.266 e. The fourth-order valence-corrected chi connectivity index (χ4v) is 3.14. The molecule has 0 aliphatic rings. The van der Waals surface area contributed by atoms with Gasteiger partial charge in [-0.05, 0) is 37.3 Å². The Morgan fingerprint density at radius 3 is 2.85 bits per heavy atom. The van der Waals surface area contributed by atoms with Crippen molar-refractivity contribution in [1.82, 2.24) is 14.9 Å². The Hall–Kier alpha value is -2.22. The zero-order valence-corrected chi connectivity index (χ0v) is 16.1. The summed E-state index contributed by atoms with van der Waals surface area (Å²) in [5.74, 6) is 1.26. The molecule has 0 aliphatic heterocycles. The van der Waals surface area contributed by atoms with Crippen molar-refractivity contribution in [3.05, 3.63) is 63.1 Å². The normalized spacial score (nSPS) is 11.0. The summed E-state index contributed by atoms with van der Waals surface area (Å²) in [4.78, 5) is 18.0. The van der Waals surface area contributed by atoms with E-state index in [4.69, 9.17) is 15.5 Å². The molecule has 0 amide bonds. The van der Waals surface area contributed by atoms with Gasteiger partial charge < -0.3 is 15.8 Å². The van der Waals surface area contributed by atoms with E-state index >= 15 is 0 Å². The predicted octanol–water partition coefficient (Wildman–Crippen LogP) is 2.60. The van der Waals surface area contributed by atoms with E-state index < -0.39 is 0 Å². The van der Waals surface area contributed by atoms with Gasteiger partial charge in [-0.15, -0.1) is 0 Å². The Bertz CT molecular complexity index is 971. The molecule has 3 rings (SSSR count). The summed E-state index contributed by atoms with van der Waals surface area (Å²) >= 11 is 3.44. The molecule has 0 unspecified atom stereocenters. The third-order valence-corrected chi connectivity index (χ3v) is 4.40. The van der Waals surface area contributed by atoms with Crippen LogP contribution in [-0.2, 0) is 6.54 Å². The summed E-state index contributed by atoms with van der Waals surface area (Å²) < 4.78 is 8.22. The molecule has 0 spiro atoms. The first kappa shape index (κ1) is 18.6. The molecule has 0 bridgehead atoms. The maximum atomic E-state index is 13.2. The Labute approximate surface area is 160 Å². The molecule has 1 heterocycles. The Morgan fingerprint density at radius 1 is 1.27 bits per heavy atom. The van der Waals surface area contributed by atoms with Crippen LogP contribution in [-0.4, -0.2) is 29.2 Å². The van der Waals surface area contributed by atoms with Crippen LogP contribution in [0.1, 0.15) is 12.7 Å². The summed E-state index contributed by atoms with van der Waals surface area (Å²) in [6.07, 6.45) is 0. The Morgan fingerprint density at radius 2 is 2.08 bits per heavy atom. The van der Waals surface area contributed by atoms with Crippen molar-refractivity contribution >= 4 is 26.8 Å². The van der Waals surface area contributed by atoms with Gasteiger partial charge in [0.15, 0.2) is 0 Å². The van der Waals surface area contributed by atoms with Crippen LogP contribution in [0.15, 0.2) is 51.7 Å². The van der Waals surface area contributed by atoms with E-state index in [-0.39, 0.29) is 5.56 Å². The lowest BCUT2D eigenvalue weighted by molar-refractivity contribution is 0.338. The molecule has 0 fully saturated rings. The van der Waals surface area contributed by atoms with Gasteiger partial charge in [-0.25, -0.2) is 4.98 Å². The van der Waals surface area contributed by atoms with Crippen LogP contribution in [0.5, 0.6) is 5.75 Å². The molecule has 136 valence electrons. The highest BCUT2D eigenvalue weighted by molar-refractivity contribution is 9.10. The second-order valence-corrected chi connectivity index (χ2v) is 6.61. The lowest BCUT2D eigenvalue weighted by Crippen LogP contribution is -2.29. The predicted molar refractivity (Wildman–Crippen MR) is 107 cm³/mol. The number of ether oxygens (including phenoxy) is 1. The number of para-hydroxylation sites is 2. The summed E-state index contributed by atoms with van der Waals surface area (Å²) in [7, 11) is 0. The van der Waals surface area contributed by atoms with Gasteiger partial charge in [0.25, 0.3) is 5.56 Å². The SMILES string of the molecule is CCOc1ccccc1-n1c(CNCCN)nc2cc(Br)ccc2c1=O. The fraction of sp³-hybridized carbons (Fsp3) is 0.263. The van der Waals surface area contributed by atoms with Gasteiger partial charge >= 0.3 is 0 Å². The second-order valence-electron chi connectivity index (χ2n) is 5.70. The number of nitrogens with two attached hydrogens (primary N) is 1. The largest absolute Gasteiger partial charge is 0.492 e. The minimum atomic E-state index is -0.126. The van der Waals surface area contributed by atoms with Crippen molar-refractivity contribution < 1.29 is 4.74 Å². The third kappa shape index (κ3) is 3.80. The molecule has 0 saturated heterocycles. The van der Waals surface area contributed by atoms with Gasteiger partial charge in [0.2, 0.25) is 0 Å². The molecule has 7 heteroatoms. The van der Waals surface area contributed by atoms with Crippen molar-refractivity contribution in [3.8, 4) is 11.4 Å². The molecule has 0 aliphatic carbocycles. The van der Waals surface area contributed by atoms with E-state index in [1.807, 2.05) is 43.3 Å². The highest BCUT2D eigenvalue weighted by Gasteiger charge is 2.16. The molecule has 6 nitrogen and oxygen atoms in total. The van der Waals surface area contributed by atoms with E-state index in [0.717, 1.165) is 4.47 Å². The number of rotatable bonds is 7. The second kappa shape index (κ2) is 8.44. The number of nitrogens with one attached hydrogen (secondary N) is 1. The first-order chi connectivity index (χ1) is 12.7. The summed E-state index contributed by atoms with van der Waals surface area (Å²) in [6, 6.07) is 13.0. The van der Waals surface area contributed by atoms with Crippen LogP contribution < -0.4 is 21.3 Å². The van der Waals surface area contributed by atoms with Gasteiger partial charge in [0.1, 0.15) is 11.6 Å². The van der Waals surface area contributed by atoms with Crippen molar-refractivity contribution in [2.45, 2.75) is 13.5 Å². The molecular weight excluding hydrogens is 396 g/mol. The van der Waals surface area contributed by atoms with Crippen molar-refractivity contribution in [2.24, 2.45) is 5.73 Å². The third-order valence-electron chi connectivity index (χ3n) is 3.91. The average Bonchev–Trinajstić information content (AvgIpc) is 2.63. The Kier molecular flexibility index (Phi) is 6.03. The van der Waals surface area contributed by atoms with Crippen molar-refractivity contribution in [3.63, 3.8) is 0 Å². The van der Waals surface area contributed by atoms with E-state index in [1.165, 1.54) is 0 Å². The van der Waals surface area contributed by atoms with E-state index in [0.29, 0.717) is 54.4 Å². The van der Waals surface area contributed by atoms with Crippen LogP contribution in [0.25, 0.3) is 16.6 Å². The molecule has 0 atom stereocenters. The van der Waals surface area contributed by atoms with Gasteiger partial charge in [-0.3, -0.25) is 9.36 Å². The lowest BCUT2D eigenvalue weighted by Gasteiger charge is -2.17. The van der Waals surface area contributed by atoms with Crippen molar-refractivity contribution in [1.29, 1.82) is 0 Å². The highest BCUT2D eigenvalue weighted by Crippen LogP contribution is 2.24. The number of aromatic nitrogens is 2. The summed E-state index contributed by atoms with van der Waals surface area (Å²) in [6.45, 7) is 4.01. The first-order valence-corrected chi connectivity index (χ1v) is 9.29. The van der Waals surface area contributed by atoms with Gasteiger partial charge in [0, 0.05) is 17.6 Å². The molecule has 26 heavy (non-hydrogen) atoms. The molecule has 3 aromatic rings. The average molecular weight is 417 g/mol. The number of fused-ring (bicyclic) bond motifs is 1. The van der Waals surface area contributed by atoms with Crippen LogP contribution >= 0.6 is 15.9 Å². The maximum absolute atomic E-state index is 13.2. The zero-order valence-electron chi connectivity index (χ0n) is 14.5. The molecular formula is C19H21BrN4O2. The first-order valence-electron chi connectivity index (χ1n) is 8.50.